The molecule has 0 aliphatic carbocycles. The van der Waals surface area contributed by atoms with Crippen LogP contribution in [0.1, 0.15) is 19.5 Å². The average Bonchev–Trinajstić information content (AvgIpc) is 2.05. The highest BCUT2D eigenvalue weighted by molar-refractivity contribution is 5.82. The minimum atomic E-state index is -0.644. The van der Waals surface area contributed by atoms with Gasteiger partial charge in [-0.05, 0) is 12.1 Å². The summed E-state index contributed by atoms with van der Waals surface area (Å²) in [6, 6.07) is 5.54. The van der Waals surface area contributed by atoms with E-state index in [-0.39, 0.29) is 5.91 Å². The molecule has 1 amide bonds. The number of nitrogens with zero attached hydrogens (tertiary/aromatic N) is 1. The first-order valence-electron chi connectivity index (χ1n) is 4.09. The fourth-order valence-corrected chi connectivity index (χ4v) is 0.902. The Kier molecular flexibility index (Phi) is 2.66. The second-order valence-corrected chi connectivity index (χ2v) is 3.48. The van der Waals surface area contributed by atoms with Crippen LogP contribution in [0.4, 0.5) is 0 Å². The third kappa shape index (κ3) is 2.54. The number of rotatable bonds is 3. The number of primary amides is 1. The summed E-state index contributed by atoms with van der Waals surface area (Å²) in [5, 5.41) is 0. The Morgan fingerprint density at radius 2 is 2.23 bits per heavy atom. The molecular weight excluding hydrogens is 164 g/mol. The van der Waals surface area contributed by atoms with Gasteiger partial charge in [-0.2, -0.15) is 0 Å². The van der Waals surface area contributed by atoms with E-state index in [0.29, 0.717) is 0 Å². The largest absolute Gasteiger partial charge is 0.369 e. The molecule has 2 N–H and O–H groups in total. The van der Waals surface area contributed by atoms with Crippen LogP contribution in [0.25, 0.3) is 0 Å². The van der Waals surface area contributed by atoms with Gasteiger partial charge in [0.15, 0.2) is 0 Å². The number of pyridine rings is 1. The van der Waals surface area contributed by atoms with Crippen molar-refractivity contribution in [1.82, 2.24) is 4.98 Å². The van der Waals surface area contributed by atoms with Crippen molar-refractivity contribution in [2.75, 3.05) is 0 Å². The van der Waals surface area contributed by atoms with E-state index in [0.717, 1.165) is 5.69 Å². The van der Waals surface area contributed by atoms with Crippen molar-refractivity contribution in [3.8, 4) is 0 Å². The first-order chi connectivity index (χ1) is 6.02. The lowest BCUT2D eigenvalue weighted by molar-refractivity contribution is -0.124. The molecule has 1 aromatic rings. The Morgan fingerprint density at radius 3 is 2.69 bits per heavy atom. The molecule has 69 valence electrons. The van der Waals surface area contributed by atoms with E-state index in [1.54, 1.807) is 26.5 Å². The Balaban J connectivity index is 2.75. The number of aromatic nitrogens is 1. The van der Waals surface area contributed by atoms with Gasteiger partial charge in [0, 0.05) is 18.3 Å². The Bertz CT molecular complexity index is 293. The van der Waals surface area contributed by atoms with Gasteiger partial charge in [-0.25, -0.2) is 0 Å². The maximum Gasteiger partial charge on any atom is 0.223 e. The van der Waals surface area contributed by atoms with Crippen LogP contribution in [0, 0.1) is 11.8 Å². The number of hydrogen-bond acceptors (Lipinski definition) is 2. The molecule has 0 bridgehead atoms. The van der Waals surface area contributed by atoms with E-state index in [1.165, 1.54) is 0 Å². The second kappa shape index (κ2) is 3.56. The van der Waals surface area contributed by atoms with Crippen molar-refractivity contribution in [3.63, 3.8) is 0 Å². The van der Waals surface area contributed by atoms with Crippen molar-refractivity contribution in [3.05, 3.63) is 36.5 Å². The van der Waals surface area contributed by atoms with Gasteiger partial charge in [-0.1, -0.05) is 19.9 Å². The van der Waals surface area contributed by atoms with Crippen LogP contribution in [0.3, 0.4) is 0 Å². The molecule has 0 saturated carbocycles. The summed E-state index contributed by atoms with van der Waals surface area (Å²) in [5.74, 6) is -0.349. The summed E-state index contributed by atoms with van der Waals surface area (Å²) < 4.78 is 0. The van der Waals surface area contributed by atoms with E-state index < -0.39 is 5.41 Å². The lowest BCUT2D eigenvalue weighted by Crippen LogP contribution is -2.32. The zero-order valence-corrected chi connectivity index (χ0v) is 7.82. The summed E-state index contributed by atoms with van der Waals surface area (Å²) in [4.78, 5) is 15.1. The van der Waals surface area contributed by atoms with Crippen LogP contribution in [-0.4, -0.2) is 10.9 Å². The summed E-state index contributed by atoms with van der Waals surface area (Å²) in [6.45, 7) is 3.54. The molecule has 0 aliphatic rings. The molecular formula is C10H13N2O. The predicted octanol–water partition coefficient (Wildman–Crippen LogP) is 1.15. The smallest absolute Gasteiger partial charge is 0.223 e. The molecule has 0 atom stereocenters. The highest BCUT2D eigenvalue weighted by Gasteiger charge is 2.25. The van der Waals surface area contributed by atoms with Gasteiger partial charge in [0.05, 0.1) is 5.41 Å². The van der Waals surface area contributed by atoms with Crippen molar-refractivity contribution < 1.29 is 4.79 Å². The summed E-state index contributed by atoms with van der Waals surface area (Å²) in [5.41, 5.74) is 5.35. The fourth-order valence-electron chi connectivity index (χ4n) is 0.902. The van der Waals surface area contributed by atoms with E-state index in [1.807, 2.05) is 18.2 Å². The second-order valence-electron chi connectivity index (χ2n) is 3.48. The highest BCUT2D eigenvalue weighted by atomic mass is 16.1. The van der Waals surface area contributed by atoms with Gasteiger partial charge in [0.2, 0.25) is 5.91 Å². The Labute approximate surface area is 78.0 Å². The molecule has 0 aliphatic heterocycles. The lowest BCUT2D eigenvalue weighted by Gasteiger charge is -2.18. The van der Waals surface area contributed by atoms with Gasteiger partial charge in [-0.15, -0.1) is 0 Å². The van der Waals surface area contributed by atoms with Crippen molar-refractivity contribution >= 4 is 5.91 Å². The van der Waals surface area contributed by atoms with E-state index in [4.69, 9.17) is 5.73 Å². The lowest BCUT2D eigenvalue weighted by atomic mass is 9.87. The molecule has 0 saturated heterocycles. The number of carbonyl (C=O) groups is 1. The molecule has 13 heavy (non-hydrogen) atoms. The van der Waals surface area contributed by atoms with Crippen LogP contribution in [0.15, 0.2) is 24.4 Å². The summed E-state index contributed by atoms with van der Waals surface area (Å²) in [7, 11) is 0. The Morgan fingerprint density at radius 1 is 1.54 bits per heavy atom. The maximum atomic E-state index is 11.0. The average molecular weight is 177 g/mol. The molecule has 3 nitrogen and oxygen atoms in total. The van der Waals surface area contributed by atoms with Crippen LogP contribution >= 0.6 is 0 Å². The molecule has 3 heteroatoms. The number of amides is 1. The SMILES string of the molecule is CC(C)([CH]c1ccccn1)C(N)=O. The summed E-state index contributed by atoms with van der Waals surface area (Å²) >= 11 is 0. The molecule has 1 radical (unpaired) electrons. The normalized spacial score (nSPS) is 11.2. The van der Waals surface area contributed by atoms with Crippen LogP contribution in [0.5, 0.6) is 0 Å². The van der Waals surface area contributed by atoms with Gasteiger partial charge in [0.1, 0.15) is 0 Å². The molecule has 1 heterocycles. The topological polar surface area (TPSA) is 56.0 Å². The van der Waals surface area contributed by atoms with Gasteiger partial charge in [-0.3, -0.25) is 9.78 Å². The fraction of sp³-hybridized carbons (Fsp3) is 0.300. The van der Waals surface area contributed by atoms with E-state index >= 15 is 0 Å². The minimum absolute atomic E-state index is 0.349. The molecule has 1 aromatic heterocycles. The van der Waals surface area contributed by atoms with Crippen LogP contribution in [0.2, 0.25) is 0 Å². The predicted molar refractivity (Wildman–Crippen MR) is 50.6 cm³/mol. The third-order valence-corrected chi connectivity index (χ3v) is 1.83. The third-order valence-electron chi connectivity index (χ3n) is 1.83. The van der Waals surface area contributed by atoms with Crippen LogP contribution in [-0.2, 0) is 4.79 Å². The number of nitrogens with two attached hydrogens (primary N) is 1. The molecule has 0 aromatic carbocycles. The van der Waals surface area contributed by atoms with Gasteiger partial charge in [0.25, 0.3) is 0 Å². The summed E-state index contributed by atoms with van der Waals surface area (Å²) in [6.07, 6.45) is 3.44. The first kappa shape index (κ1) is 9.71. The standard InChI is InChI=1S/C10H13N2O/c1-10(2,9(11)13)7-8-5-3-4-6-12-8/h3-7H,1-2H3,(H2,11,13). The first-order valence-corrected chi connectivity index (χ1v) is 4.09. The van der Waals surface area contributed by atoms with Gasteiger partial charge >= 0.3 is 0 Å². The van der Waals surface area contributed by atoms with Gasteiger partial charge < -0.3 is 5.73 Å². The minimum Gasteiger partial charge on any atom is -0.369 e. The Hall–Kier alpha value is -1.38. The van der Waals surface area contributed by atoms with Crippen molar-refractivity contribution in [1.29, 1.82) is 0 Å². The van der Waals surface area contributed by atoms with E-state index in [9.17, 15) is 4.79 Å². The molecule has 0 spiro atoms. The molecule has 0 fully saturated rings. The zero-order chi connectivity index (χ0) is 9.90. The molecule has 0 unspecified atom stereocenters. The molecule has 1 rings (SSSR count). The highest BCUT2D eigenvalue weighted by Crippen LogP contribution is 2.21. The monoisotopic (exact) mass is 177 g/mol. The van der Waals surface area contributed by atoms with Crippen LogP contribution < -0.4 is 5.73 Å². The maximum absolute atomic E-state index is 11.0. The number of carbonyl (C=O) groups excluding carboxylic acids is 1. The van der Waals surface area contributed by atoms with E-state index in [2.05, 4.69) is 4.98 Å². The van der Waals surface area contributed by atoms with Crippen molar-refractivity contribution in [2.45, 2.75) is 13.8 Å². The quantitative estimate of drug-likeness (QED) is 0.752. The van der Waals surface area contributed by atoms with Crippen molar-refractivity contribution in [2.24, 2.45) is 11.1 Å². The zero-order valence-electron chi connectivity index (χ0n) is 7.82. The number of hydrogen-bond donors (Lipinski definition) is 1.